The topological polar surface area (TPSA) is 75.3 Å². The first-order chi connectivity index (χ1) is 8.71. The van der Waals surface area contributed by atoms with Gasteiger partial charge in [-0.05, 0) is 37.5 Å². The fourth-order valence-electron chi connectivity index (χ4n) is 2.06. The number of hydrogen-bond acceptors (Lipinski definition) is 3. The molecule has 1 unspecified atom stereocenters. The summed E-state index contributed by atoms with van der Waals surface area (Å²) < 4.78 is 0. The monoisotopic (exact) mass is 284 g/mol. The van der Waals surface area contributed by atoms with E-state index in [1.807, 2.05) is 13.8 Å². The van der Waals surface area contributed by atoms with Crippen LogP contribution in [0.15, 0.2) is 18.2 Å². The standard InChI is InChI=1S/C14H21ClN2O2/c1-9(2)7-14(3,19)8-17-13(18)11-5-4-10(15)6-12(11)16/h4-6,9,19H,7-8,16H2,1-3H3,(H,17,18). The highest BCUT2D eigenvalue weighted by atomic mass is 35.5. The molecular formula is C14H21ClN2O2. The first kappa shape index (κ1) is 15.8. The van der Waals surface area contributed by atoms with Crippen molar-refractivity contribution < 1.29 is 9.90 Å². The van der Waals surface area contributed by atoms with Crippen molar-refractivity contribution in [3.8, 4) is 0 Å². The molecule has 5 heteroatoms. The molecule has 0 spiro atoms. The van der Waals surface area contributed by atoms with Crippen molar-refractivity contribution in [1.29, 1.82) is 0 Å². The molecule has 106 valence electrons. The third kappa shape index (κ3) is 5.09. The minimum absolute atomic E-state index is 0.187. The van der Waals surface area contributed by atoms with Crippen LogP contribution in [-0.2, 0) is 0 Å². The van der Waals surface area contributed by atoms with Crippen LogP contribution in [-0.4, -0.2) is 23.2 Å². The summed E-state index contributed by atoms with van der Waals surface area (Å²) in [6.45, 7) is 5.94. The van der Waals surface area contributed by atoms with Crippen molar-refractivity contribution in [2.75, 3.05) is 12.3 Å². The Kier molecular flexibility index (Phi) is 5.20. The smallest absolute Gasteiger partial charge is 0.253 e. The van der Waals surface area contributed by atoms with E-state index in [-0.39, 0.29) is 12.5 Å². The lowest BCUT2D eigenvalue weighted by Gasteiger charge is -2.25. The van der Waals surface area contributed by atoms with Crippen LogP contribution in [0, 0.1) is 5.92 Å². The number of hydrogen-bond donors (Lipinski definition) is 3. The Morgan fingerprint density at radius 1 is 1.53 bits per heavy atom. The number of rotatable bonds is 5. The normalized spacial score (nSPS) is 14.2. The lowest BCUT2D eigenvalue weighted by atomic mass is 9.94. The number of nitrogens with one attached hydrogen (secondary N) is 1. The molecule has 1 amide bonds. The summed E-state index contributed by atoms with van der Waals surface area (Å²) in [4.78, 5) is 12.0. The Bertz CT molecular complexity index is 459. The van der Waals surface area contributed by atoms with Crippen LogP contribution in [0.2, 0.25) is 5.02 Å². The molecule has 0 aliphatic carbocycles. The molecule has 19 heavy (non-hydrogen) atoms. The summed E-state index contributed by atoms with van der Waals surface area (Å²) >= 11 is 5.78. The van der Waals surface area contributed by atoms with Gasteiger partial charge in [0.15, 0.2) is 0 Å². The zero-order chi connectivity index (χ0) is 14.6. The molecule has 0 radical (unpaired) electrons. The first-order valence-electron chi connectivity index (χ1n) is 6.27. The maximum absolute atomic E-state index is 12.0. The number of benzene rings is 1. The maximum Gasteiger partial charge on any atom is 0.253 e. The molecule has 4 nitrogen and oxygen atoms in total. The summed E-state index contributed by atoms with van der Waals surface area (Å²) in [5, 5.41) is 13.3. The number of aliphatic hydroxyl groups is 1. The van der Waals surface area contributed by atoms with E-state index in [0.29, 0.717) is 28.6 Å². The predicted molar refractivity (Wildman–Crippen MR) is 78.3 cm³/mol. The Hall–Kier alpha value is -1.26. The second-order valence-corrected chi connectivity index (χ2v) is 5.95. The highest BCUT2D eigenvalue weighted by Gasteiger charge is 2.23. The molecule has 0 aromatic heterocycles. The average molecular weight is 285 g/mol. The van der Waals surface area contributed by atoms with Crippen molar-refractivity contribution in [2.24, 2.45) is 5.92 Å². The Balaban J connectivity index is 2.65. The van der Waals surface area contributed by atoms with Crippen molar-refractivity contribution in [1.82, 2.24) is 5.32 Å². The van der Waals surface area contributed by atoms with Crippen molar-refractivity contribution in [3.63, 3.8) is 0 Å². The Morgan fingerprint density at radius 2 is 2.16 bits per heavy atom. The number of anilines is 1. The molecule has 1 atom stereocenters. The number of halogens is 1. The fraction of sp³-hybridized carbons (Fsp3) is 0.500. The SMILES string of the molecule is CC(C)CC(C)(O)CNC(=O)c1ccc(Cl)cc1N. The molecule has 0 saturated carbocycles. The van der Waals surface area contributed by atoms with E-state index in [1.165, 1.54) is 6.07 Å². The number of nitrogen functional groups attached to an aromatic ring is 1. The molecular weight excluding hydrogens is 264 g/mol. The number of carbonyl (C=O) groups is 1. The largest absolute Gasteiger partial charge is 0.398 e. The molecule has 0 fully saturated rings. The van der Waals surface area contributed by atoms with Gasteiger partial charge in [0.25, 0.3) is 5.91 Å². The Labute approximate surface area is 118 Å². The van der Waals surface area contributed by atoms with Gasteiger partial charge < -0.3 is 16.2 Å². The lowest BCUT2D eigenvalue weighted by molar-refractivity contribution is 0.0368. The zero-order valence-electron chi connectivity index (χ0n) is 11.5. The van der Waals surface area contributed by atoms with E-state index in [9.17, 15) is 9.90 Å². The number of carbonyl (C=O) groups excluding carboxylic acids is 1. The van der Waals surface area contributed by atoms with Crippen LogP contribution in [0.3, 0.4) is 0 Å². The van der Waals surface area contributed by atoms with E-state index < -0.39 is 5.60 Å². The molecule has 0 aliphatic rings. The van der Waals surface area contributed by atoms with Crippen LogP contribution < -0.4 is 11.1 Å². The van der Waals surface area contributed by atoms with E-state index >= 15 is 0 Å². The molecule has 0 aliphatic heterocycles. The van der Waals surface area contributed by atoms with Crippen molar-refractivity contribution in [2.45, 2.75) is 32.8 Å². The van der Waals surface area contributed by atoms with E-state index in [1.54, 1.807) is 19.1 Å². The third-order valence-electron chi connectivity index (χ3n) is 2.74. The van der Waals surface area contributed by atoms with Crippen LogP contribution in [0.4, 0.5) is 5.69 Å². The maximum atomic E-state index is 12.0. The van der Waals surface area contributed by atoms with E-state index in [4.69, 9.17) is 17.3 Å². The highest BCUT2D eigenvalue weighted by Crippen LogP contribution is 2.19. The quantitative estimate of drug-likeness (QED) is 0.727. The predicted octanol–water partition coefficient (Wildman–Crippen LogP) is 2.45. The fourth-order valence-corrected chi connectivity index (χ4v) is 2.24. The molecule has 1 rings (SSSR count). The van der Waals surface area contributed by atoms with Crippen molar-refractivity contribution >= 4 is 23.2 Å². The molecule has 0 heterocycles. The first-order valence-corrected chi connectivity index (χ1v) is 6.64. The van der Waals surface area contributed by atoms with Gasteiger partial charge >= 0.3 is 0 Å². The molecule has 1 aromatic carbocycles. The van der Waals surface area contributed by atoms with Gasteiger partial charge in [-0.15, -0.1) is 0 Å². The summed E-state index contributed by atoms with van der Waals surface area (Å²) in [6.07, 6.45) is 0.614. The molecule has 1 aromatic rings. The number of amides is 1. The highest BCUT2D eigenvalue weighted by molar-refractivity contribution is 6.31. The Morgan fingerprint density at radius 3 is 2.68 bits per heavy atom. The van der Waals surface area contributed by atoms with Crippen LogP contribution in [0.25, 0.3) is 0 Å². The van der Waals surface area contributed by atoms with Gasteiger partial charge in [-0.2, -0.15) is 0 Å². The second-order valence-electron chi connectivity index (χ2n) is 5.51. The summed E-state index contributed by atoms with van der Waals surface area (Å²) in [7, 11) is 0. The van der Waals surface area contributed by atoms with Gasteiger partial charge in [0.1, 0.15) is 0 Å². The van der Waals surface area contributed by atoms with Crippen LogP contribution >= 0.6 is 11.6 Å². The minimum atomic E-state index is -0.926. The van der Waals surface area contributed by atoms with Gasteiger partial charge in [-0.3, -0.25) is 4.79 Å². The second kappa shape index (κ2) is 6.26. The van der Waals surface area contributed by atoms with E-state index in [2.05, 4.69) is 5.32 Å². The van der Waals surface area contributed by atoms with Crippen LogP contribution in [0.1, 0.15) is 37.6 Å². The third-order valence-corrected chi connectivity index (χ3v) is 2.97. The van der Waals surface area contributed by atoms with Gasteiger partial charge in [-0.25, -0.2) is 0 Å². The van der Waals surface area contributed by atoms with Crippen molar-refractivity contribution in [3.05, 3.63) is 28.8 Å². The summed E-state index contributed by atoms with van der Waals surface area (Å²) in [5.41, 5.74) is 5.50. The molecule has 4 N–H and O–H groups in total. The van der Waals surface area contributed by atoms with Gasteiger partial charge in [0, 0.05) is 17.3 Å². The zero-order valence-corrected chi connectivity index (χ0v) is 12.3. The lowest BCUT2D eigenvalue weighted by Crippen LogP contribution is -2.41. The minimum Gasteiger partial charge on any atom is -0.398 e. The van der Waals surface area contributed by atoms with E-state index in [0.717, 1.165) is 0 Å². The molecule has 0 bridgehead atoms. The molecule has 0 saturated heterocycles. The number of nitrogens with two attached hydrogens (primary N) is 1. The summed E-state index contributed by atoms with van der Waals surface area (Å²) in [6, 6.07) is 4.71. The van der Waals surface area contributed by atoms with Crippen LogP contribution in [0.5, 0.6) is 0 Å². The summed E-state index contributed by atoms with van der Waals surface area (Å²) in [5.74, 6) is 0.0469. The average Bonchev–Trinajstić information content (AvgIpc) is 2.24. The van der Waals surface area contributed by atoms with Gasteiger partial charge in [0.05, 0.1) is 11.2 Å². The van der Waals surface area contributed by atoms with Gasteiger partial charge in [-0.1, -0.05) is 25.4 Å². The van der Waals surface area contributed by atoms with Gasteiger partial charge in [0.2, 0.25) is 0 Å².